The Morgan fingerprint density at radius 3 is 2.64 bits per heavy atom. The highest BCUT2D eigenvalue weighted by Crippen LogP contribution is 2.25. The largest absolute Gasteiger partial charge is 0.345 e. The van der Waals surface area contributed by atoms with Gasteiger partial charge in [-0.25, -0.2) is 0 Å². The van der Waals surface area contributed by atoms with Gasteiger partial charge in [0.05, 0.1) is 23.5 Å². The van der Waals surface area contributed by atoms with E-state index in [4.69, 9.17) is 23.2 Å². The molecule has 2 rings (SSSR count). The van der Waals surface area contributed by atoms with Crippen LogP contribution in [0.3, 0.4) is 0 Å². The third-order valence-corrected chi connectivity index (χ3v) is 3.80. The molecule has 1 atom stereocenters. The number of amides is 2. The number of hydrogen-bond acceptors (Lipinski definition) is 4. The Kier molecular flexibility index (Phi) is 8.18. The first kappa shape index (κ1) is 21.2. The van der Waals surface area contributed by atoms with Gasteiger partial charge in [-0.05, 0) is 25.2 Å². The third-order valence-electron chi connectivity index (χ3n) is 3.23. The maximum absolute atomic E-state index is 12.2. The molecule has 136 valence electrons. The molecule has 0 aliphatic heterocycles. The van der Waals surface area contributed by atoms with Crippen molar-refractivity contribution in [1.29, 1.82) is 0 Å². The second kappa shape index (κ2) is 9.62. The number of aryl methyl sites for hydroxylation is 1. The molecule has 10 heteroatoms. The Labute approximate surface area is 161 Å². The van der Waals surface area contributed by atoms with Crippen LogP contribution in [0.2, 0.25) is 10.0 Å². The zero-order valence-electron chi connectivity index (χ0n) is 13.5. The number of halogens is 3. The molecule has 25 heavy (non-hydrogen) atoms. The predicted octanol–water partition coefficient (Wildman–Crippen LogP) is 2.16. The topological polar surface area (TPSA) is 88.1 Å². The molecule has 0 aliphatic carbocycles. The van der Waals surface area contributed by atoms with E-state index in [2.05, 4.69) is 21.0 Å². The average Bonchev–Trinajstić information content (AvgIpc) is 2.96. The fourth-order valence-corrected chi connectivity index (χ4v) is 2.43. The fourth-order valence-electron chi connectivity index (χ4n) is 2.10. The molecule has 0 spiro atoms. The van der Waals surface area contributed by atoms with Gasteiger partial charge >= 0.3 is 0 Å². The van der Waals surface area contributed by atoms with E-state index in [1.54, 1.807) is 43.3 Å². The summed E-state index contributed by atoms with van der Waals surface area (Å²) in [5.41, 5.74) is 1.09. The van der Waals surface area contributed by atoms with Crippen LogP contribution >= 0.6 is 35.6 Å². The molecule has 7 nitrogen and oxygen atoms in total. The molecule has 1 unspecified atom stereocenters. The van der Waals surface area contributed by atoms with E-state index in [1.165, 1.54) is 6.07 Å². The fraction of sp³-hybridized carbons (Fsp3) is 0.267. The van der Waals surface area contributed by atoms with E-state index in [9.17, 15) is 9.59 Å². The van der Waals surface area contributed by atoms with Gasteiger partial charge in [-0.1, -0.05) is 23.2 Å². The number of hydrogen-bond donors (Lipinski definition) is 3. The SMILES string of the molecule is CNC(C(=O)NCC(=O)Nc1cc(Cl)ccc1Cl)c1cnn(C)c1.Cl. The maximum Gasteiger partial charge on any atom is 0.243 e. The lowest BCUT2D eigenvalue weighted by Crippen LogP contribution is -2.39. The van der Waals surface area contributed by atoms with Crippen molar-refractivity contribution >= 4 is 53.1 Å². The smallest absolute Gasteiger partial charge is 0.243 e. The van der Waals surface area contributed by atoms with Gasteiger partial charge in [-0.15, -0.1) is 12.4 Å². The number of rotatable bonds is 6. The number of likely N-dealkylation sites (N-methyl/N-ethyl adjacent to an activating group) is 1. The van der Waals surface area contributed by atoms with Crippen LogP contribution in [0, 0.1) is 0 Å². The minimum Gasteiger partial charge on any atom is -0.345 e. The van der Waals surface area contributed by atoms with Gasteiger partial charge in [0.2, 0.25) is 11.8 Å². The van der Waals surface area contributed by atoms with Crippen LogP contribution < -0.4 is 16.0 Å². The number of carbonyl (C=O) groups is 2. The van der Waals surface area contributed by atoms with Crippen LogP contribution in [0.15, 0.2) is 30.6 Å². The van der Waals surface area contributed by atoms with E-state index in [0.717, 1.165) is 0 Å². The van der Waals surface area contributed by atoms with Crippen molar-refractivity contribution in [2.75, 3.05) is 18.9 Å². The lowest BCUT2D eigenvalue weighted by atomic mass is 10.1. The monoisotopic (exact) mass is 405 g/mol. The Balaban J connectivity index is 0.00000312. The van der Waals surface area contributed by atoms with Gasteiger partial charge < -0.3 is 16.0 Å². The average molecular weight is 407 g/mol. The molecule has 0 aliphatic rings. The van der Waals surface area contributed by atoms with Gasteiger partial charge in [0, 0.05) is 23.8 Å². The van der Waals surface area contributed by atoms with Gasteiger partial charge in [0.1, 0.15) is 6.04 Å². The van der Waals surface area contributed by atoms with Crippen molar-refractivity contribution in [2.24, 2.45) is 7.05 Å². The van der Waals surface area contributed by atoms with Crippen LogP contribution in [-0.4, -0.2) is 35.2 Å². The van der Waals surface area contributed by atoms with Gasteiger partial charge in [-0.3, -0.25) is 14.3 Å². The molecule has 0 bridgehead atoms. The highest BCUT2D eigenvalue weighted by Gasteiger charge is 2.20. The van der Waals surface area contributed by atoms with Crippen LogP contribution in [0.25, 0.3) is 0 Å². The molecular formula is C15H18Cl3N5O2. The summed E-state index contributed by atoms with van der Waals surface area (Å²) in [6, 6.07) is 4.14. The van der Waals surface area contributed by atoms with Crippen molar-refractivity contribution in [2.45, 2.75) is 6.04 Å². The maximum atomic E-state index is 12.2. The van der Waals surface area contributed by atoms with Crippen LogP contribution in [0.1, 0.15) is 11.6 Å². The summed E-state index contributed by atoms with van der Waals surface area (Å²) in [5.74, 6) is -0.744. The summed E-state index contributed by atoms with van der Waals surface area (Å²) in [6.07, 6.45) is 3.32. The predicted molar refractivity (Wildman–Crippen MR) is 100 cm³/mol. The summed E-state index contributed by atoms with van der Waals surface area (Å²) in [6.45, 7) is -0.194. The first-order chi connectivity index (χ1) is 11.4. The number of nitrogens with zero attached hydrogens (tertiary/aromatic N) is 2. The molecule has 3 N–H and O–H groups in total. The van der Waals surface area contributed by atoms with Crippen LogP contribution in [0.4, 0.5) is 5.69 Å². The van der Waals surface area contributed by atoms with Crippen molar-refractivity contribution in [3.8, 4) is 0 Å². The second-order valence-corrected chi connectivity index (χ2v) is 5.90. The van der Waals surface area contributed by atoms with Crippen molar-refractivity contribution in [3.63, 3.8) is 0 Å². The Hall–Kier alpha value is -1.80. The van der Waals surface area contributed by atoms with E-state index in [0.29, 0.717) is 21.3 Å². The minimum atomic E-state index is -0.596. The van der Waals surface area contributed by atoms with Crippen molar-refractivity contribution in [3.05, 3.63) is 46.2 Å². The normalized spacial score (nSPS) is 11.4. The first-order valence-electron chi connectivity index (χ1n) is 7.09. The van der Waals surface area contributed by atoms with Crippen LogP contribution in [-0.2, 0) is 16.6 Å². The lowest BCUT2D eigenvalue weighted by molar-refractivity contribution is -0.125. The summed E-state index contributed by atoms with van der Waals surface area (Å²) < 4.78 is 1.60. The van der Waals surface area contributed by atoms with Crippen LogP contribution in [0.5, 0.6) is 0 Å². The molecule has 2 aromatic rings. The molecule has 1 heterocycles. The van der Waals surface area contributed by atoms with E-state index < -0.39 is 11.9 Å². The quantitative estimate of drug-likeness (QED) is 0.686. The molecular weight excluding hydrogens is 389 g/mol. The Bertz CT molecular complexity index is 751. The molecule has 1 aromatic carbocycles. The standard InChI is InChI=1S/C15H17Cl2N5O2.ClH/c1-18-14(9-6-20-22(2)8-9)15(24)19-7-13(23)21-12-5-10(16)3-4-11(12)17;/h3-6,8,14,18H,7H2,1-2H3,(H,19,24)(H,21,23);1H. The zero-order valence-corrected chi connectivity index (χ0v) is 15.9. The number of aromatic nitrogens is 2. The van der Waals surface area contributed by atoms with E-state index >= 15 is 0 Å². The molecule has 0 fully saturated rings. The van der Waals surface area contributed by atoms with Crippen molar-refractivity contribution in [1.82, 2.24) is 20.4 Å². The Morgan fingerprint density at radius 2 is 2.04 bits per heavy atom. The summed E-state index contributed by atoms with van der Waals surface area (Å²) in [5, 5.41) is 12.9. The molecule has 0 saturated heterocycles. The highest BCUT2D eigenvalue weighted by atomic mass is 35.5. The molecule has 0 radical (unpaired) electrons. The molecule has 1 aromatic heterocycles. The van der Waals surface area contributed by atoms with Gasteiger partial charge in [0.25, 0.3) is 0 Å². The first-order valence-corrected chi connectivity index (χ1v) is 7.84. The van der Waals surface area contributed by atoms with E-state index in [1.807, 2.05) is 0 Å². The lowest BCUT2D eigenvalue weighted by Gasteiger charge is -2.14. The number of nitrogens with one attached hydrogen (secondary N) is 3. The third kappa shape index (κ3) is 5.89. The number of anilines is 1. The summed E-state index contributed by atoms with van der Waals surface area (Å²) >= 11 is 11.8. The second-order valence-electron chi connectivity index (χ2n) is 5.06. The van der Waals surface area contributed by atoms with Gasteiger partial charge in [-0.2, -0.15) is 5.10 Å². The minimum absolute atomic E-state index is 0. The number of benzene rings is 1. The Morgan fingerprint density at radius 1 is 1.32 bits per heavy atom. The summed E-state index contributed by atoms with van der Waals surface area (Å²) in [7, 11) is 3.42. The molecule has 2 amide bonds. The van der Waals surface area contributed by atoms with Crippen molar-refractivity contribution < 1.29 is 9.59 Å². The molecule has 0 saturated carbocycles. The van der Waals surface area contributed by atoms with Gasteiger partial charge in [0.15, 0.2) is 0 Å². The number of carbonyl (C=O) groups excluding carboxylic acids is 2. The highest BCUT2D eigenvalue weighted by molar-refractivity contribution is 6.35. The summed E-state index contributed by atoms with van der Waals surface area (Å²) in [4.78, 5) is 24.2. The van der Waals surface area contributed by atoms with E-state index in [-0.39, 0.29) is 24.9 Å². The zero-order chi connectivity index (χ0) is 17.7.